The van der Waals surface area contributed by atoms with Gasteiger partial charge in [-0.2, -0.15) is 0 Å². The molecule has 1 saturated carbocycles. The Morgan fingerprint density at radius 2 is 1.95 bits per heavy atom. The van der Waals surface area contributed by atoms with E-state index in [0.717, 1.165) is 22.2 Å². The average molecular weight is 575 g/mol. The average Bonchev–Trinajstić information content (AvgIpc) is 3.44. The molecular formula is C29H33Cl2N3O5. The summed E-state index contributed by atoms with van der Waals surface area (Å²) in [6.07, 6.45) is 2.42. The van der Waals surface area contributed by atoms with Gasteiger partial charge in [0.2, 0.25) is 5.91 Å². The van der Waals surface area contributed by atoms with Crippen LogP contribution in [-0.2, 0) is 14.3 Å². The number of esters is 1. The summed E-state index contributed by atoms with van der Waals surface area (Å²) in [4.78, 5) is 30.5. The van der Waals surface area contributed by atoms with Gasteiger partial charge in [0.05, 0.1) is 31.0 Å². The molecular weight excluding hydrogens is 541 g/mol. The first-order chi connectivity index (χ1) is 18.0. The van der Waals surface area contributed by atoms with Gasteiger partial charge >= 0.3 is 5.97 Å². The molecule has 2 aliphatic rings. The first kappa shape index (κ1) is 30.2. The molecule has 2 N–H and O–H groups in total. The Hall–Kier alpha value is -3.33. The van der Waals surface area contributed by atoms with Crippen LogP contribution in [0, 0.1) is 5.92 Å². The maximum absolute atomic E-state index is 13.1. The van der Waals surface area contributed by atoms with Crippen molar-refractivity contribution in [3.8, 4) is 22.8 Å². The van der Waals surface area contributed by atoms with Gasteiger partial charge in [-0.05, 0) is 25.5 Å². The molecule has 1 amide bonds. The third-order valence-corrected chi connectivity index (χ3v) is 7.03. The highest BCUT2D eigenvalue weighted by molar-refractivity contribution is 5.94. The lowest BCUT2D eigenvalue weighted by molar-refractivity contribution is -0.149. The Morgan fingerprint density at radius 1 is 1.18 bits per heavy atom. The number of pyridine rings is 1. The first-order valence-corrected chi connectivity index (χ1v) is 12.5. The van der Waals surface area contributed by atoms with Crippen molar-refractivity contribution in [2.75, 3.05) is 20.3 Å². The largest absolute Gasteiger partial charge is 0.497 e. The van der Waals surface area contributed by atoms with E-state index in [9.17, 15) is 9.59 Å². The van der Waals surface area contributed by atoms with Crippen molar-refractivity contribution >= 4 is 47.6 Å². The minimum atomic E-state index is -1.01. The standard InChI is InChI=1S/C29H31N3O5.2ClH/c1-4-19-16-29(19,28(34)36-5-2)32-27(33)25-14-21(17-30-25)37-26-15-23(18-9-7-6-8-10-18)31-24-13-20(35-3)11-12-22(24)26;;/h4,6-13,15,19,21,25,30H,1,5,14,16-17H2,2-3H3,(H,32,33);2*1H/t19-,21-,25+,29-;;/m1../s1. The molecule has 5 rings (SSSR count). The summed E-state index contributed by atoms with van der Waals surface area (Å²) >= 11 is 0. The number of carbonyl (C=O) groups excluding carboxylic acids is 2. The van der Waals surface area contributed by atoms with Crippen LogP contribution < -0.4 is 20.1 Å². The molecule has 0 radical (unpaired) electrons. The summed E-state index contributed by atoms with van der Waals surface area (Å²) in [5.41, 5.74) is 1.51. The predicted octanol–water partition coefficient (Wildman–Crippen LogP) is 4.49. The number of nitrogens with one attached hydrogen (secondary N) is 2. The van der Waals surface area contributed by atoms with Crippen molar-refractivity contribution in [1.29, 1.82) is 0 Å². The lowest BCUT2D eigenvalue weighted by Gasteiger charge is -2.20. The predicted molar refractivity (Wildman–Crippen MR) is 155 cm³/mol. The van der Waals surface area contributed by atoms with Crippen LogP contribution >= 0.6 is 24.8 Å². The number of benzene rings is 2. The summed E-state index contributed by atoms with van der Waals surface area (Å²) in [6, 6.07) is 17.1. The van der Waals surface area contributed by atoms with E-state index in [2.05, 4.69) is 17.2 Å². The zero-order chi connectivity index (χ0) is 26.0. The van der Waals surface area contributed by atoms with Crippen LogP contribution in [0.15, 0.2) is 67.3 Å². The van der Waals surface area contributed by atoms with Gasteiger partial charge in [-0.25, -0.2) is 9.78 Å². The quantitative estimate of drug-likeness (QED) is 0.287. The number of methoxy groups -OCH3 is 1. The maximum Gasteiger partial charge on any atom is 0.332 e. The SMILES string of the molecule is C=C[C@@H]1C[C@]1(NC(=O)[C@@H]1C[C@@H](Oc2cc(-c3ccccc3)nc3cc(OC)ccc23)CN1)C(=O)OCC.Cl.Cl. The summed E-state index contributed by atoms with van der Waals surface area (Å²) in [7, 11) is 1.62. The number of amides is 1. The number of rotatable bonds is 9. The third kappa shape index (κ3) is 6.13. The van der Waals surface area contributed by atoms with Gasteiger partial charge in [0.25, 0.3) is 0 Å². The molecule has 1 saturated heterocycles. The van der Waals surface area contributed by atoms with Crippen LogP contribution in [0.25, 0.3) is 22.2 Å². The minimum Gasteiger partial charge on any atom is -0.497 e. The summed E-state index contributed by atoms with van der Waals surface area (Å²) < 4.78 is 17.1. The van der Waals surface area contributed by atoms with Gasteiger partial charge in [0, 0.05) is 42.0 Å². The van der Waals surface area contributed by atoms with Gasteiger partial charge in [0.1, 0.15) is 23.1 Å². The third-order valence-electron chi connectivity index (χ3n) is 7.03. The molecule has 0 spiro atoms. The molecule has 0 unspecified atom stereocenters. The number of hydrogen-bond acceptors (Lipinski definition) is 7. The number of halogens is 2. The van der Waals surface area contributed by atoms with E-state index < -0.39 is 17.6 Å². The highest BCUT2D eigenvalue weighted by Gasteiger charge is 2.61. The van der Waals surface area contributed by atoms with Crippen molar-refractivity contribution in [3.05, 3.63) is 67.3 Å². The molecule has 1 aliphatic carbocycles. The molecule has 10 heteroatoms. The van der Waals surface area contributed by atoms with E-state index in [4.69, 9.17) is 19.2 Å². The fraction of sp³-hybridized carbons (Fsp3) is 0.345. The molecule has 2 aromatic carbocycles. The van der Waals surface area contributed by atoms with Gasteiger partial charge < -0.3 is 24.8 Å². The molecule has 1 aromatic heterocycles. The highest BCUT2D eigenvalue weighted by atomic mass is 35.5. The molecule has 39 heavy (non-hydrogen) atoms. The van der Waals surface area contributed by atoms with Gasteiger partial charge in [0.15, 0.2) is 0 Å². The summed E-state index contributed by atoms with van der Waals surface area (Å²) in [6.45, 7) is 6.29. The van der Waals surface area contributed by atoms with E-state index in [1.807, 2.05) is 54.6 Å². The van der Waals surface area contributed by atoms with E-state index in [1.54, 1.807) is 20.1 Å². The van der Waals surface area contributed by atoms with E-state index in [-0.39, 0.29) is 49.4 Å². The van der Waals surface area contributed by atoms with Gasteiger partial charge in [-0.1, -0.05) is 36.4 Å². The van der Waals surface area contributed by atoms with Crippen LogP contribution in [-0.4, -0.2) is 54.8 Å². The Balaban J connectivity index is 0.00000210. The smallest absolute Gasteiger partial charge is 0.332 e. The second-order valence-corrected chi connectivity index (χ2v) is 9.42. The fourth-order valence-corrected chi connectivity index (χ4v) is 4.90. The Kier molecular flexibility index (Phi) is 9.83. The molecule has 2 heterocycles. The Bertz CT molecular complexity index is 1340. The maximum atomic E-state index is 13.1. The van der Waals surface area contributed by atoms with E-state index >= 15 is 0 Å². The number of hydrogen-bond donors (Lipinski definition) is 2. The van der Waals surface area contributed by atoms with Crippen molar-refractivity contribution in [1.82, 2.24) is 15.6 Å². The van der Waals surface area contributed by atoms with Gasteiger partial charge in [-0.15, -0.1) is 31.4 Å². The number of nitrogens with zero attached hydrogens (tertiary/aromatic N) is 1. The molecule has 4 atom stereocenters. The zero-order valence-corrected chi connectivity index (χ0v) is 23.5. The second-order valence-electron chi connectivity index (χ2n) is 9.42. The van der Waals surface area contributed by atoms with Crippen LogP contribution in [0.1, 0.15) is 19.8 Å². The van der Waals surface area contributed by atoms with Crippen molar-refractivity contribution in [2.45, 2.75) is 37.5 Å². The van der Waals surface area contributed by atoms with E-state index in [1.165, 1.54) is 0 Å². The minimum absolute atomic E-state index is 0. The molecule has 1 aliphatic heterocycles. The van der Waals surface area contributed by atoms with Crippen molar-refractivity contribution in [3.63, 3.8) is 0 Å². The Labute approximate surface area is 240 Å². The number of aromatic nitrogens is 1. The van der Waals surface area contributed by atoms with Gasteiger partial charge in [-0.3, -0.25) is 4.79 Å². The molecule has 8 nitrogen and oxygen atoms in total. The summed E-state index contributed by atoms with van der Waals surface area (Å²) in [5.74, 6) is 0.629. The van der Waals surface area contributed by atoms with Crippen LogP contribution in [0.2, 0.25) is 0 Å². The monoisotopic (exact) mass is 573 g/mol. The summed E-state index contributed by atoms with van der Waals surface area (Å²) in [5, 5.41) is 7.03. The number of fused-ring (bicyclic) bond motifs is 1. The lowest BCUT2D eigenvalue weighted by atomic mass is 10.1. The van der Waals surface area contributed by atoms with Crippen LogP contribution in [0.5, 0.6) is 11.5 Å². The molecule has 3 aromatic rings. The number of carbonyl (C=O) groups is 2. The van der Waals surface area contributed by atoms with Crippen molar-refractivity contribution in [2.24, 2.45) is 5.92 Å². The molecule has 2 fully saturated rings. The topological polar surface area (TPSA) is 98.8 Å². The second kappa shape index (κ2) is 12.7. The van der Waals surface area contributed by atoms with E-state index in [0.29, 0.717) is 30.9 Å². The van der Waals surface area contributed by atoms with Crippen LogP contribution in [0.3, 0.4) is 0 Å². The molecule has 208 valence electrons. The van der Waals surface area contributed by atoms with Crippen molar-refractivity contribution < 1.29 is 23.8 Å². The first-order valence-electron chi connectivity index (χ1n) is 12.5. The Morgan fingerprint density at radius 3 is 2.62 bits per heavy atom. The molecule has 0 bridgehead atoms. The van der Waals surface area contributed by atoms with Crippen LogP contribution in [0.4, 0.5) is 0 Å². The zero-order valence-electron chi connectivity index (χ0n) is 21.8. The highest BCUT2D eigenvalue weighted by Crippen LogP contribution is 2.45. The normalized spacial score (nSPS) is 23.1. The fourth-order valence-electron chi connectivity index (χ4n) is 4.90. The number of ether oxygens (including phenoxy) is 3. The lowest BCUT2D eigenvalue weighted by Crippen LogP contribution is -2.51.